The van der Waals surface area contributed by atoms with E-state index in [0.29, 0.717) is 11.4 Å². The number of sulfonamides is 1. The fraction of sp³-hybridized carbons (Fsp3) is 0.296. The molecule has 3 aromatic carbocycles. The van der Waals surface area contributed by atoms with Crippen molar-refractivity contribution in [3.05, 3.63) is 83.9 Å². The smallest absolute Gasteiger partial charge is 0.264 e. The fourth-order valence-electron chi connectivity index (χ4n) is 3.60. The molecule has 0 radical (unpaired) electrons. The van der Waals surface area contributed by atoms with Gasteiger partial charge in [0.25, 0.3) is 10.0 Å². The van der Waals surface area contributed by atoms with Gasteiger partial charge < -0.3 is 14.8 Å². The van der Waals surface area contributed by atoms with Gasteiger partial charge in [-0.05, 0) is 60.9 Å². The number of rotatable bonds is 12. The number of aryl methyl sites for hydroxylation is 2. The van der Waals surface area contributed by atoms with Gasteiger partial charge in [-0.2, -0.15) is 0 Å². The van der Waals surface area contributed by atoms with Crippen molar-refractivity contribution in [3.63, 3.8) is 0 Å². The van der Waals surface area contributed by atoms with Crippen molar-refractivity contribution >= 4 is 21.6 Å². The molecule has 0 atom stereocenters. The molecule has 35 heavy (non-hydrogen) atoms. The van der Waals surface area contributed by atoms with E-state index in [0.717, 1.165) is 28.5 Å². The second-order valence-electron chi connectivity index (χ2n) is 8.09. The monoisotopic (exact) mass is 496 g/mol. The molecule has 3 rings (SSSR count). The first-order valence-corrected chi connectivity index (χ1v) is 13.0. The average molecular weight is 497 g/mol. The van der Waals surface area contributed by atoms with Gasteiger partial charge in [0.1, 0.15) is 24.7 Å². The van der Waals surface area contributed by atoms with Gasteiger partial charge in [-0.25, -0.2) is 8.42 Å². The minimum atomic E-state index is -4.02. The van der Waals surface area contributed by atoms with Crippen LogP contribution in [0.1, 0.15) is 24.5 Å². The third-order valence-electron chi connectivity index (χ3n) is 5.38. The highest BCUT2D eigenvalue weighted by atomic mass is 32.2. The molecule has 1 amide bonds. The highest BCUT2D eigenvalue weighted by molar-refractivity contribution is 7.92. The van der Waals surface area contributed by atoms with Crippen molar-refractivity contribution in [3.8, 4) is 11.5 Å². The normalized spacial score (nSPS) is 11.1. The second-order valence-corrected chi connectivity index (χ2v) is 9.95. The molecule has 0 saturated carbocycles. The lowest BCUT2D eigenvalue weighted by Gasteiger charge is -2.26. The molecule has 0 heterocycles. The Balaban J connectivity index is 1.71. The minimum Gasteiger partial charge on any atom is -0.495 e. The van der Waals surface area contributed by atoms with E-state index >= 15 is 0 Å². The topological polar surface area (TPSA) is 84.9 Å². The zero-order valence-corrected chi connectivity index (χ0v) is 21.2. The SMILES string of the molecule is CCCc1ccc(OCCNC(=O)CN(c2cc(C)ccc2OC)S(=O)(=O)c2ccccc2)cc1. The molecule has 8 heteroatoms. The van der Waals surface area contributed by atoms with Crippen LogP contribution in [0.2, 0.25) is 0 Å². The van der Waals surface area contributed by atoms with E-state index in [2.05, 4.69) is 12.2 Å². The van der Waals surface area contributed by atoms with Gasteiger partial charge in [-0.3, -0.25) is 9.10 Å². The Labute approximate surface area is 207 Å². The van der Waals surface area contributed by atoms with E-state index in [1.165, 1.54) is 24.8 Å². The molecule has 0 saturated heterocycles. The number of anilines is 1. The predicted molar refractivity (Wildman–Crippen MR) is 138 cm³/mol. The summed E-state index contributed by atoms with van der Waals surface area (Å²) >= 11 is 0. The average Bonchev–Trinajstić information content (AvgIpc) is 2.86. The van der Waals surface area contributed by atoms with E-state index < -0.39 is 22.5 Å². The van der Waals surface area contributed by atoms with Crippen LogP contribution >= 0.6 is 0 Å². The number of amides is 1. The summed E-state index contributed by atoms with van der Waals surface area (Å²) in [5.41, 5.74) is 2.39. The summed E-state index contributed by atoms with van der Waals surface area (Å²) in [6.07, 6.45) is 2.10. The molecule has 0 unspecified atom stereocenters. The van der Waals surface area contributed by atoms with Crippen molar-refractivity contribution < 1.29 is 22.7 Å². The maximum absolute atomic E-state index is 13.5. The maximum Gasteiger partial charge on any atom is 0.264 e. The van der Waals surface area contributed by atoms with Crippen LogP contribution in [-0.4, -0.2) is 41.1 Å². The van der Waals surface area contributed by atoms with Crippen LogP contribution in [0.4, 0.5) is 5.69 Å². The second kappa shape index (κ2) is 12.3. The van der Waals surface area contributed by atoms with Crippen molar-refractivity contribution in [2.45, 2.75) is 31.6 Å². The molecular formula is C27H32N2O5S. The van der Waals surface area contributed by atoms with Crippen molar-refractivity contribution in [2.75, 3.05) is 31.1 Å². The minimum absolute atomic E-state index is 0.0891. The standard InChI is InChI=1S/C27H32N2O5S/c1-4-8-22-12-14-23(15-13-22)34-18-17-28-27(30)20-29(25-19-21(2)11-16-26(25)33-3)35(31,32)24-9-6-5-7-10-24/h5-7,9-16,19H,4,8,17-18,20H2,1-3H3,(H,28,30). The highest BCUT2D eigenvalue weighted by Crippen LogP contribution is 2.33. The lowest BCUT2D eigenvalue weighted by Crippen LogP contribution is -2.42. The molecule has 0 fully saturated rings. The third-order valence-corrected chi connectivity index (χ3v) is 7.15. The number of hydrogen-bond acceptors (Lipinski definition) is 5. The molecule has 3 aromatic rings. The summed E-state index contributed by atoms with van der Waals surface area (Å²) in [6.45, 7) is 4.08. The molecule has 186 valence electrons. The lowest BCUT2D eigenvalue weighted by atomic mass is 10.1. The molecule has 0 bridgehead atoms. The fourth-order valence-corrected chi connectivity index (χ4v) is 5.05. The zero-order valence-electron chi connectivity index (χ0n) is 20.4. The Morgan fingerprint density at radius 2 is 1.71 bits per heavy atom. The first-order chi connectivity index (χ1) is 16.8. The number of nitrogens with one attached hydrogen (secondary N) is 1. The number of nitrogens with zero attached hydrogens (tertiary/aromatic N) is 1. The molecule has 0 aliphatic carbocycles. The van der Waals surface area contributed by atoms with E-state index in [4.69, 9.17) is 9.47 Å². The largest absolute Gasteiger partial charge is 0.495 e. The number of benzene rings is 3. The quantitative estimate of drug-likeness (QED) is 0.377. The molecule has 0 aliphatic rings. The number of ether oxygens (including phenoxy) is 2. The summed E-state index contributed by atoms with van der Waals surface area (Å²) in [4.78, 5) is 12.9. The van der Waals surface area contributed by atoms with Crippen LogP contribution in [0, 0.1) is 6.92 Å². The van der Waals surface area contributed by atoms with Crippen molar-refractivity contribution in [1.82, 2.24) is 5.32 Å². The van der Waals surface area contributed by atoms with Gasteiger partial charge in [0.05, 0.1) is 24.2 Å². The molecule has 1 N–H and O–H groups in total. The van der Waals surface area contributed by atoms with Gasteiger partial charge in [-0.15, -0.1) is 0 Å². The van der Waals surface area contributed by atoms with Crippen molar-refractivity contribution in [1.29, 1.82) is 0 Å². The number of hydrogen-bond donors (Lipinski definition) is 1. The maximum atomic E-state index is 13.5. The Kier molecular flexibility index (Phi) is 9.14. The summed E-state index contributed by atoms with van der Waals surface area (Å²) < 4.78 is 39.2. The molecule has 7 nitrogen and oxygen atoms in total. The Bertz CT molecular complexity index is 1210. The Morgan fingerprint density at radius 3 is 2.37 bits per heavy atom. The van der Waals surface area contributed by atoms with Gasteiger partial charge in [0.15, 0.2) is 0 Å². The Morgan fingerprint density at radius 1 is 1.00 bits per heavy atom. The van der Waals surface area contributed by atoms with Gasteiger partial charge in [0.2, 0.25) is 5.91 Å². The number of carbonyl (C=O) groups is 1. The van der Waals surface area contributed by atoms with Crippen LogP contribution < -0.4 is 19.1 Å². The van der Waals surface area contributed by atoms with Crippen LogP contribution in [-0.2, 0) is 21.2 Å². The summed E-state index contributed by atoms with van der Waals surface area (Å²) in [5.74, 6) is 0.629. The lowest BCUT2D eigenvalue weighted by molar-refractivity contribution is -0.119. The van der Waals surface area contributed by atoms with Gasteiger partial charge in [-0.1, -0.05) is 49.7 Å². The molecule has 0 aromatic heterocycles. The highest BCUT2D eigenvalue weighted by Gasteiger charge is 2.29. The summed E-state index contributed by atoms with van der Waals surface area (Å²) in [5, 5.41) is 2.75. The first kappa shape index (κ1) is 26.1. The molecular weight excluding hydrogens is 464 g/mol. The van der Waals surface area contributed by atoms with Crippen LogP contribution in [0.5, 0.6) is 11.5 Å². The van der Waals surface area contributed by atoms with Crippen LogP contribution in [0.15, 0.2) is 77.7 Å². The first-order valence-electron chi connectivity index (χ1n) is 11.6. The van der Waals surface area contributed by atoms with E-state index in [9.17, 15) is 13.2 Å². The van der Waals surface area contributed by atoms with Crippen LogP contribution in [0.3, 0.4) is 0 Å². The van der Waals surface area contributed by atoms with Crippen molar-refractivity contribution in [2.24, 2.45) is 0 Å². The predicted octanol–water partition coefficient (Wildman–Crippen LogP) is 4.35. The van der Waals surface area contributed by atoms with Crippen LogP contribution in [0.25, 0.3) is 0 Å². The number of methoxy groups -OCH3 is 1. The number of carbonyl (C=O) groups excluding carboxylic acids is 1. The molecule has 0 spiro atoms. The van der Waals surface area contributed by atoms with E-state index in [1.807, 2.05) is 37.3 Å². The third kappa shape index (κ3) is 6.99. The van der Waals surface area contributed by atoms with Gasteiger partial charge in [0, 0.05) is 0 Å². The zero-order chi connectivity index (χ0) is 25.3. The summed E-state index contributed by atoms with van der Waals surface area (Å²) in [6, 6.07) is 21.1. The Hall–Kier alpha value is -3.52. The molecule has 0 aliphatic heterocycles. The summed E-state index contributed by atoms with van der Waals surface area (Å²) in [7, 11) is -2.55. The van der Waals surface area contributed by atoms with E-state index in [-0.39, 0.29) is 18.0 Å². The van der Waals surface area contributed by atoms with E-state index in [1.54, 1.807) is 30.3 Å². The van der Waals surface area contributed by atoms with Gasteiger partial charge >= 0.3 is 0 Å².